The molecule has 2 aromatic heterocycles. The number of thiazole rings is 1. The molecular weight excluding hydrogens is 326 g/mol. The van der Waals surface area contributed by atoms with Gasteiger partial charge in [0.1, 0.15) is 5.01 Å². The van der Waals surface area contributed by atoms with Gasteiger partial charge in [-0.25, -0.2) is 9.78 Å². The Hall–Kier alpha value is -2.18. The summed E-state index contributed by atoms with van der Waals surface area (Å²) < 4.78 is 0. The summed E-state index contributed by atoms with van der Waals surface area (Å²) in [4.78, 5) is 17.7. The van der Waals surface area contributed by atoms with Gasteiger partial charge in [-0.3, -0.25) is 0 Å². The van der Waals surface area contributed by atoms with Crippen molar-refractivity contribution in [2.75, 3.05) is 5.32 Å². The quantitative estimate of drug-likeness (QED) is 0.714. The summed E-state index contributed by atoms with van der Waals surface area (Å²) in [5.41, 5.74) is 3.92. The van der Waals surface area contributed by atoms with Crippen molar-refractivity contribution < 1.29 is 4.79 Å². The SMILES string of the molecule is Cc1cc(C)cc(NC(=O)NCc2csc(-c3cccs3)n2)c1. The molecule has 0 saturated heterocycles. The second-order valence-corrected chi connectivity index (χ2v) is 7.11. The number of carbonyl (C=O) groups is 1. The standard InChI is InChI=1S/C17H17N3OS2/c1-11-6-12(2)8-13(7-11)20-17(21)18-9-14-10-23-16(19-14)15-4-3-5-22-15/h3-8,10H,9H2,1-2H3,(H2,18,20,21). The number of aryl methyl sites for hydroxylation is 2. The lowest BCUT2D eigenvalue weighted by atomic mass is 10.1. The third kappa shape index (κ3) is 4.18. The average Bonchev–Trinajstić information content (AvgIpc) is 3.15. The van der Waals surface area contributed by atoms with Crippen molar-refractivity contribution in [3.8, 4) is 9.88 Å². The molecule has 3 rings (SSSR count). The van der Waals surface area contributed by atoms with Gasteiger partial charge in [0.15, 0.2) is 0 Å². The van der Waals surface area contributed by atoms with E-state index >= 15 is 0 Å². The summed E-state index contributed by atoms with van der Waals surface area (Å²) in [5.74, 6) is 0. The van der Waals surface area contributed by atoms with Crippen LogP contribution in [0.2, 0.25) is 0 Å². The molecule has 2 N–H and O–H groups in total. The van der Waals surface area contributed by atoms with E-state index in [0.29, 0.717) is 6.54 Å². The molecule has 4 nitrogen and oxygen atoms in total. The van der Waals surface area contributed by atoms with E-state index in [1.165, 1.54) is 0 Å². The lowest BCUT2D eigenvalue weighted by Crippen LogP contribution is -2.28. The molecule has 2 amide bonds. The van der Waals surface area contributed by atoms with Crippen LogP contribution in [0, 0.1) is 13.8 Å². The zero-order valence-electron chi connectivity index (χ0n) is 12.9. The Morgan fingerprint density at radius 3 is 2.65 bits per heavy atom. The lowest BCUT2D eigenvalue weighted by molar-refractivity contribution is 0.251. The molecule has 0 saturated carbocycles. The molecule has 0 fully saturated rings. The van der Waals surface area contributed by atoms with Gasteiger partial charge in [-0.05, 0) is 48.6 Å². The van der Waals surface area contributed by atoms with E-state index in [9.17, 15) is 4.79 Å². The highest BCUT2D eigenvalue weighted by Gasteiger charge is 2.07. The third-order valence-corrected chi connectivity index (χ3v) is 5.12. The van der Waals surface area contributed by atoms with E-state index in [-0.39, 0.29) is 6.03 Å². The number of aromatic nitrogens is 1. The normalized spacial score (nSPS) is 10.5. The van der Waals surface area contributed by atoms with Gasteiger partial charge in [-0.1, -0.05) is 12.1 Å². The molecule has 6 heteroatoms. The number of hydrogen-bond acceptors (Lipinski definition) is 4. The summed E-state index contributed by atoms with van der Waals surface area (Å²) in [7, 11) is 0. The first-order chi connectivity index (χ1) is 11.1. The first kappa shape index (κ1) is 15.7. The van der Waals surface area contributed by atoms with Gasteiger partial charge in [-0.15, -0.1) is 22.7 Å². The summed E-state index contributed by atoms with van der Waals surface area (Å²) in [6.45, 7) is 4.44. The number of nitrogens with one attached hydrogen (secondary N) is 2. The van der Waals surface area contributed by atoms with E-state index in [1.807, 2.05) is 48.9 Å². The maximum Gasteiger partial charge on any atom is 0.319 e. The molecular formula is C17H17N3OS2. The smallest absolute Gasteiger partial charge is 0.319 e. The van der Waals surface area contributed by atoms with Crippen molar-refractivity contribution in [2.45, 2.75) is 20.4 Å². The largest absolute Gasteiger partial charge is 0.332 e. The van der Waals surface area contributed by atoms with Gasteiger partial charge in [-0.2, -0.15) is 0 Å². The number of nitrogens with zero attached hydrogens (tertiary/aromatic N) is 1. The summed E-state index contributed by atoms with van der Waals surface area (Å²) in [6, 6.07) is 9.81. The molecule has 118 valence electrons. The van der Waals surface area contributed by atoms with Crippen LogP contribution in [-0.4, -0.2) is 11.0 Å². The van der Waals surface area contributed by atoms with Crippen LogP contribution < -0.4 is 10.6 Å². The zero-order valence-corrected chi connectivity index (χ0v) is 14.6. The molecule has 0 unspecified atom stereocenters. The number of hydrogen-bond donors (Lipinski definition) is 2. The Kier molecular flexibility index (Phi) is 4.73. The Morgan fingerprint density at radius 1 is 1.17 bits per heavy atom. The van der Waals surface area contributed by atoms with Gasteiger partial charge in [0.25, 0.3) is 0 Å². The van der Waals surface area contributed by atoms with Crippen LogP contribution in [0.5, 0.6) is 0 Å². The van der Waals surface area contributed by atoms with Crippen molar-refractivity contribution in [1.29, 1.82) is 0 Å². The Bertz CT molecular complexity index is 789. The fraction of sp³-hybridized carbons (Fsp3) is 0.176. The van der Waals surface area contributed by atoms with E-state index in [1.54, 1.807) is 22.7 Å². The molecule has 0 bridgehead atoms. The van der Waals surface area contributed by atoms with Crippen molar-refractivity contribution >= 4 is 34.4 Å². The monoisotopic (exact) mass is 343 g/mol. The Morgan fingerprint density at radius 2 is 1.96 bits per heavy atom. The second kappa shape index (κ2) is 6.93. The topological polar surface area (TPSA) is 54.0 Å². The maximum absolute atomic E-state index is 12.0. The number of benzene rings is 1. The first-order valence-corrected chi connectivity index (χ1v) is 8.97. The third-order valence-electron chi connectivity index (χ3n) is 3.19. The van der Waals surface area contributed by atoms with E-state index in [4.69, 9.17) is 0 Å². The van der Waals surface area contributed by atoms with Gasteiger partial charge < -0.3 is 10.6 Å². The number of urea groups is 1. The van der Waals surface area contributed by atoms with E-state index in [2.05, 4.69) is 21.7 Å². The molecule has 0 atom stereocenters. The van der Waals surface area contributed by atoms with Crippen LogP contribution in [0.1, 0.15) is 16.8 Å². The van der Waals surface area contributed by atoms with Crippen LogP contribution in [0.15, 0.2) is 41.1 Å². The minimum Gasteiger partial charge on any atom is -0.332 e. The highest BCUT2D eigenvalue weighted by atomic mass is 32.1. The maximum atomic E-state index is 12.0. The van der Waals surface area contributed by atoms with Crippen LogP contribution in [-0.2, 0) is 6.54 Å². The Balaban J connectivity index is 1.57. The predicted molar refractivity (Wildman–Crippen MR) is 97.2 cm³/mol. The van der Waals surface area contributed by atoms with Crippen molar-refractivity contribution in [2.24, 2.45) is 0 Å². The van der Waals surface area contributed by atoms with Crippen molar-refractivity contribution in [3.05, 3.63) is 57.9 Å². The molecule has 3 aromatic rings. The van der Waals surface area contributed by atoms with Gasteiger partial charge in [0.05, 0.1) is 17.1 Å². The summed E-state index contributed by atoms with van der Waals surface area (Å²) in [6.07, 6.45) is 0. The van der Waals surface area contributed by atoms with Crippen LogP contribution in [0.3, 0.4) is 0 Å². The first-order valence-electron chi connectivity index (χ1n) is 7.21. The molecule has 0 aliphatic heterocycles. The highest BCUT2D eigenvalue weighted by Crippen LogP contribution is 2.27. The summed E-state index contributed by atoms with van der Waals surface area (Å²) >= 11 is 3.26. The van der Waals surface area contributed by atoms with Crippen molar-refractivity contribution in [1.82, 2.24) is 10.3 Å². The molecule has 0 aliphatic carbocycles. The summed E-state index contributed by atoms with van der Waals surface area (Å²) in [5, 5.41) is 10.7. The fourth-order valence-electron chi connectivity index (χ4n) is 2.29. The van der Waals surface area contributed by atoms with Crippen molar-refractivity contribution in [3.63, 3.8) is 0 Å². The van der Waals surface area contributed by atoms with Gasteiger partial charge >= 0.3 is 6.03 Å². The molecule has 1 aromatic carbocycles. The fourth-order valence-corrected chi connectivity index (χ4v) is 3.93. The van der Waals surface area contributed by atoms with E-state index in [0.717, 1.165) is 32.4 Å². The predicted octanol–water partition coefficient (Wildman–Crippen LogP) is 4.81. The number of thiophene rings is 1. The lowest BCUT2D eigenvalue weighted by Gasteiger charge is -2.08. The highest BCUT2D eigenvalue weighted by molar-refractivity contribution is 7.20. The minimum absolute atomic E-state index is 0.222. The zero-order chi connectivity index (χ0) is 16.2. The second-order valence-electron chi connectivity index (χ2n) is 5.31. The molecule has 0 radical (unpaired) electrons. The Labute approximate surface area is 143 Å². The molecule has 0 aliphatic rings. The van der Waals surface area contributed by atoms with Crippen LogP contribution in [0.25, 0.3) is 9.88 Å². The van der Waals surface area contributed by atoms with Crippen LogP contribution in [0.4, 0.5) is 10.5 Å². The minimum atomic E-state index is -0.222. The number of amides is 2. The number of carbonyl (C=O) groups excluding carboxylic acids is 1. The number of anilines is 1. The molecule has 0 spiro atoms. The van der Waals surface area contributed by atoms with E-state index < -0.39 is 0 Å². The van der Waals surface area contributed by atoms with Crippen LogP contribution >= 0.6 is 22.7 Å². The van der Waals surface area contributed by atoms with Gasteiger partial charge in [0, 0.05) is 11.1 Å². The molecule has 23 heavy (non-hydrogen) atoms. The average molecular weight is 343 g/mol. The molecule has 2 heterocycles. The van der Waals surface area contributed by atoms with Gasteiger partial charge in [0.2, 0.25) is 0 Å². The number of rotatable bonds is 4.